The Bertz CT molecular complexity index is 1370. The van der Waals surface area contributed by atoms with E-state index in [9.17, 15) is 0 Å². The molecule has 0 bridgehead atoms. The van der Waals surface area contributed by atoms with Gasteiger partial charge in [-0.15, -0.1) is 0 Å². The molecule has 0 aromatic carbocycles. The molecule has 10 heteroatoms. The summed E-state index contributed by atoms with van der Waals surface area (Å²) in [4.78, 5) is 21.9. The van der Waals surface area contributed by atoms with Crippen LogP contribution in [0.5, 0.6) is 0 Å². The van der Waals surface area contributed by atoms with Gasteiger partial charge in [0.2, 0.25) is 0 Å². The number of nitrogens with one attached hydrogen (secondary N) is 1. The number of hydrogen-bond donors (Lipinski definition) is 2. The Labute approximate surface area is 202 Å². The molecule has 3 N–H and O–H groups in total. The lowest BCUT2D eigenvalue weighted by atomic mass is 9.99. The van der Waals surface area contributed by atoms with Crippen LogP contribution in [0.3, 0.4) is 0 Å². The van der Waals surface area contributed by atoms with Gasteiger partial charge < -0.3 is 20.0 Å². The minimum atomic E-state index is -0.188. The number of nitrogens with zero attached hydrogens (tertiary/aromatic N) is 6. The van der Waals surface area contributed by atoms with Crippen molar-refractivity contribution in [3.8, 4) is 11.3 Å². The monoisotopic (exact) mass is 480 g/mol. The van der Waals surface area contributed by atoms with Crippen LogP contribution in [0.15, 0.2) is 24.7 Å². The zero-order chi connectivity index (χ0) is 23.4. The number of ether oxygens (including phenoxy) is 1. The molecule has 4 aromatic rings. The highest BCUT2D eigenvalue weighted by Crippen LogP contribution is 2.45. The minimum absolute atomic E-state index is 0.188. The van der Waals surface area contributed by atoms with Gasteiger partial charge >= 0.3 is 0 Å². The molecule has 9 nitrogen and oxygen atoms in total. The van der Waals surface area contributed by atoms with E-state index >= 15 is 0 Å². The number of hydrogen-bond acceptors (Lipinski definition) is 7. The second-order valence-electron chi connectivity index (χ2n) is 9.81. The number of fused-ring (bicyclic) bond motifs is 4. The molecule has 2 aliphatic heterocycles. The number of nitrogen functional groups attached to an aromatic ring is 1. The van der Waals surface area contributed by atoms with E-state index in [1.165, 1.54) is 0 Å². The van der Waals surface area contributed by atoms with Gasteiger partial charge in [-0.3, -0.25) is 9.80 Å². The maximum atomic E-state index is 6.92. The van der Waals surface area contributed by atoms with Crippen molar-refractivity contribution in [1.29, 1.82) is 0 Å². The largest absolute Gasteiger partial charge is 0.383 e. The lowest BCUT2D eigenvalue weighted by Gasteiger charge is -2.41. The van der Waals surface area contributed by atoms with Crippen LogP contribution >= 0.6 is 11.6 Å². The Hall–Kier alpha value is -2.72. The Morgan fingerprint density at radius 2 is 1.94 bits per heavy atom. The van der Waals surface area contributed by atoms with E-state index in [0.717, 1.165) is 91.5 Å². The lowest BCUT2D eigenvalue weighted by molar-refractivity contribution is 0.0288. The molecule has 178 valence electrons. The first-order chi connectivity index (χ1) is 16.4. The predicted molar refractivity (Wildman–Crippen MR) is 134 cm³/mol. The Balaban J connectivity index is 1.49. The maximum absolute atomic E-state index is 6.92. The molecule has 0 atom stereocenters. The van der Waals surface area contributed by atoms with Crippen LogP contribution in [-0.2, 0) is 16.8 Å². The fraction of sp³-hybridized carbons (Fsp3) is 0.458. The van der Waals surface area contributed by atoms with Gasteiger partial charge in [0.1, 0.15) is 23.4 Å². The molecule has 0 saturated carbocycles. The SMILES string of the molecule is CC1(C)CN(CCN2CCOCC2)Cc2c(-c3[nH]c4ncccc4c3Cl)c3c(N)ncnc3n21. The topological polar surface area (TPSA) is 101 Å². The molecule has 6 heterocycles. The van der Waals surface area contributed by atoms with Crippen LogP contribution in [0.2, 0.25) is 5.02 Å². The van der Waals surface area contributed by atoms with Crippen molar-refractivity contribution in [2.75, 3.05) is 51.7 Å². The second kappa shape index (κ2) is 8.20. The van der Waals surface area contributed by atoms with Gasteiger partial charge in [-0.05, 0) is 26.0 Å². The van der Waals surface area contributed by atoms with Crippen LogP contribution in [0, 0.1) is 0 Å². The standard InChI is InChI=1S/C24H29ClN8O/c1-24(2)13-32(7-6-31-8-10-34-11-9-31)12-16-17(18-21(26)28-14-29-23(18)33(16)24)20-19(25)15-4-3-5-27-22(15)30-20/h3-5,14H,6-13H2,1-2H3,(H,27,30)(H2,26,28,29). The molecule has 2 aliphatic rings. The van der Waals surface area contributed by atoms with Crippen molar-refractivity contribution >= 4 is 39.5 Å². The van der Waals surface area contributed by atoms with Crippen molar-refractivity contribution in [3.05, 3.63) is 35.4 Å². The van der Waals surface area contributed by atoms with E-state index in [0.29, 0.717) is 10.8 Å². The van der Waals surface area contributed by atoms with Crippen molar-refractivity contribution in [3.63, 3.8) is 0 Å². The van der Waals surface area contributed by atoms with Gasteiger partial charge in [-0.1, -0.05) is 11.6 Å². The van der Waals surface area contributed by atoms with Crippen molar-refractivity contribution in [1.82, 2.24) is 34.3 Å². The Morgan fingerprint density at radius 1 is 1.15 bits per heavy atom. The molecule has 4 aromatic heterocycles. The van der Waals surface area contributed by atoms with Crippen molar-refractivity contribution < 1.29 is 4.74 Å². The highest BCUT2D eigenvalue weighted by molar-refractivity contribution is 6.38. The van der Waals surface area contributed by atoms with Crippen LogP contribution in [0.4, 0.5) is 5.82 Å². The van der Waals surface area contributed by atoms with E-state index < -0.39 is 0 Å². The number of pyridine rings is 1. The van der Waals surface area contributed by atoms with Gasteiger partial charge in [0, 0.05) is 62.1 Å². The van der Waals surface area contributed by atoms with E-state index in [1.807, 2.05) is 12.1 Å². The summed E-state index contributed by atoms with van der Waals surface area (Å²) in [6.07, 6.45) is 3.31. The predicted octanol–water partition coefficient (Wildman–Crippen LogP) is 3.09. The number of H-pyrrole nitrogens is 1. The smallest absolute Gasteiger partial charge is 0.146 e. The van der Waals surface area contributed by atoms with E-state index in [-0.39, 0.29) is 5.54 Å². The second-order valence-corrected chi connectivity index (χ2v) is 10.2. The number of rotatable bonds is 4. The third kappa shape index (κ3) is 3.46. The van der Waals surface area contributed by atoms with E-state index in [1.54, 1.807) is 12.5 Å². The van der Waals surface area contributed by atoms with Gasteiger partial charge in [0.15, 0.2) is 0 Å². The zero-order valence-corrected chi connectivity index (χ0v) is 20.3. The van der Waals surface area contributed by atoms with Gasteiger partial charge in [-0.2, -0.15) is 0 Å². The highest BCUT2D eigenvalue weighted by atomic mass is 35.5. The summed E-state index contributed by atoms with van der Waals surface area (Å²) in [7, 11) is 0. The van der Waals surface area contributed by atoms with E-state index in [2.05, 4.69) is 48.2 Å². The molecule has 1 saturated heterocycles. The molecular formula is C24H29ClN8O. The summed E-state index contributed by atoms with van der Waals surface area (Å²) in [6, 6.07) is 3.88. The number of aromatic nitrogens is 5. The van der Waals surface area contributed by atoms with Crippen LogP contribution in [0.25, 0.3) is 33.3 Å². The van der Waals surface area contributed by atoms with E-state index in [4.69, 9.17) is 22.1 Å². The molecule has 0 unspecified atom stereocenters. The minimum Gasteiger partial charge on any atom is -0.383 e. The van der Waals surface area contributed by atoms with Gasteiger partial charge in [-0.25, -0.2) is 15.0 Å². The van der Waals surface area contributed by atoms with Gasteiger partial charge in [0.05, 0.1) is 34.9 Å². The molecule has 6 rings (SSSR count). The van der Waals surface area contributed by atoms with Crippen LogP contribution < -0.4 is 5.73 Å². The van der Waals surface area contributed by atoms with Crippen LogP contribution in [0.1, 0.15) is 19.5 Å². The molecule has 1 fully saturated rings. The normalized spacial score (nSPS) is 19.1. The molecule has 0 amide bonds. The van der Waals surface area contributed by atoms with Crippen LogP contribution in [-0.4, -0.2) is 80.2 Å². The third-order valence-electron chi connectivity index (χ3n) is 7.06. The first kappa shape index (κ1) is 21.8. The van der Waals surface area contributed by atoms with Gasteiger partial charge in [0.25, 0.3) is 0 Å². The summed E-state index contributed by atoms with van der Waals surface area (Å²) in [5, 5.41) is 2.38. The number of nitrogens with two attached hydrogens (primary N) is 1. The van der Waals surface area contributed by atoms with Crippen molar-refractivity contribution in [2.45, 2.75) is 25.9 Å². The number of aromatic amines is 1. The molecule has 34 heavy (non-hydrogen) atoms. The summed E-state index contributed by atoms with van der Waals surface area (Å²) in [6.45, 7) is 11.8. The maximum Gasteiger partial charge on any atom is 0.146 e. The summed E-state index contributed by atoms with van der Waals surface area (Å²) in [5.74, 6) is 0.459. The molecular weight excluding hydrogens is 452 g/mol. The number of morpholine rings is 1. The summed E-state index contributed by atoms with van der Waals surface area (Å²) < 4.78 is 7.84. The first-order valence-electron chi connectivity index (χ1n) is 11.7. The lowest BCUT2D eigenvalue weighted by Crippen LogP contribution is -2.49. The fourth-order valence-corrected chi connectivity index (χ4v) is 5.86. The number of anilines is 1. The average Bonchev–Trinajstić information content (AvgIpc) is 3.34. The molecule has 0 radical (unpaired) electrons. The highest BCUT2D eigenvalue weighted by Gasteiger charge is 2.38. The third-order valence-corrected chi connectivity index (χ3v) is 7.45. The quantitative estimate of drug-likeness (QED) is 0.462. The Kier molecular flexibility index (Phi) is 5.25. The summed E-state index contributed by atoms with van der Waals surface area (Å²) in [5.41, 5.74) is 10.8. The van der Waals surface area contributed by atoms with Crippen molar-refractivity contribution in [2.24, 2.45) is 0 Å². The summed E-state index contributed by atoms with van der Waals surface area (Å²) >= 11 is 6.92. The first-order valence-corrected chi connectivity index (χ1v) is 12.1. The molecule has 0 aliphatic carbocycles. The average molecular weight is 481 g/mol. The zero-order valence-electron chi connectivity index (χ0n) is 19.5. The Morgan fingerprint density at radius 3 is 2.74 bits per heavy atom. The number of halogens is 1. The molecule has 0 spiro atoms. The fourth-order valence-electron chi connectivity index (χ4n) is 5.57.